The maximum absolute atomic E-state index is 10.3. The SMILES string of the molecule is CC(C)(C)OCC(O)CNOCC(N)=O. The zero-order chi connectivity index (χ0) is 11.9. The summed E-state index contributed by atoms with van der Waals surface area (Å²) in [6.45, 7) is 5.87. The van der Waals surface area contributed by atoms with Gasteiger partial charge in [-0.2, -0.15) is 5.48 Å². The summed E-state index contributed by atoms with van der Waals surface area (Å²) in [4.78, 5) is 14.9. The first kappa shape index (κ1) is 14.3. The summed E-state index contributed by atoms with van der Waals surface area (Å²) in [7, 11) is 0. The number of ether oxygens (including phenoxy) is 1. The van der Waals surface area contributed by atoms with E-state index in [2.05, 4.69) is 10.3 Å². The van der Waals surface area contributed by atoms with Crippen molar-refractivity contribution in [2.24, 2.45) is 5.73 Å². The maximum Gasteiger partial charge on any atom is 0.245 e. The average molecular weight is 220 g/mol. The van der Waals surface area contributed by atoms with Crippen LogP contribution in [-0.2, 0) is 14.4 Å². The molecule has 0 aromatic heterocycles. The summed E-state index contributed by atoms with van der Waals surface area (Å²) in [5.74, 6) is -0.567. The first-order chi connectivity index (χ1) is 6.81. The highest BCUT2D eigenvalue weighted by Crippen LogP contribution is 2.06. The van der Waals surface area contributed by atoms with Crippen LogP contribution in [0.5, 0.6) is 0 Å². The van der Waals surface area contributed by atoms with Gasteiger partial charge in [0, 0.05) is 6.54 Å². The highest BCUT2D eigenvalue weighted by Gasteiger charge is 2.13. The molecule has 1 atom stereocenters. The molecule has 0 aliphatic rings. The molecule has 0 saturated carbocycles. The highest BCUT2D eigenvalue weighted by atomic mass is 16.6. The van der Waals surface area contributed by atoms with Crippen LogP contribution in [0.1, 0.15) is 20.8 Å². The first-order valence-electron chi connectivity index (χ1n) is 4.76. The van der Waals surface area contributed by atoms with E-state index < -0.39 is 12.0 Å². The second kappa shape index (κ2) is 6.73. The summed E-state index contributed by atoms with van der Waals surface area (Å²) < 4.78 is 5.33. The highest BCUT2D eigenvalue weighted by molar-refractivity contribution is 5.74. The van der Waals surface area contributed by atoms with E-state index in [9.17, 15) is 9.90 Å². The molecule has 0 fully saturated rings. The number of nitrogens with two attached hydrogens (primary N) is 1. The smallest absolute Gasteiger partial charge is 0.245 e. The molecule has 15 heavy (non-hydrogen) atoms. The molecule has 90 valence electrons. The maximum atomic E-state index is 10.3. The molecule has 0 aliphatic heterocycles. The van der Waals surface area contributed by atoms with Crippen molar-refractivity contribution < 1.29 is 19.5 Å². The van der Waals surface area contributed by atoms with Gasteiger partial charge in [0.25, 0.3) is 0 Å². The Labute approximate surface area is 89.7 Å². The Bertz CT molecular complexity index is 191. The second-order valence-electron chi connectivity index (χ2n) is 4.18. The number of hydroxylamine groups is 1. The van der Waals surface area contributed by atoms with Crippen molar-refractivity contribution in [3.8, 4) is 0 Å². The van der Waals surface area contributed by atoms with Gasteiger partial charge < -0.3 is 15.6 Å². The molecular weight excluding hydrogens is 200 g/mol. The fourth-order valence-corrected chi connectivity index (χ4v) is 0.682. The van der Waals surface area contributed by atoms with Crippen LogP contribution >= 0.6 is 0 Å². The van der Waals surface area contributed by atoms with Gasteiger partial charge in [0.1, 0.15) is 6.61 Å². The predicted molar refractivity (Wildman–Crippen MR) is 54.9 cm³/mol. The van der Waals surface area contributed by atoms with Crippen molar-refractivity contribution in [2.45, 2.75) is 32.5 Å². The van der Waals surface area contributed by atoms with Crippen molar-refractivity contribution in [3.05, 3.63) is 0 Å². The van der Waals surface area contributed by atoms with Crippen LogP contribution in [0.15, 0.2) is 0 Å². The third-order valence-corrected chi connectivity index (χ3v) is 1.34. The lowest BCUT2D eigenvalue weighted by molar-refractivity contribution is -0.126. The van der Waals surface area contributed by atoms with Gasteiger partial charge in [-0.25, -0.2) is 0 Å². The van der Waals surface area contributed by atoms with Gasteiger partial charge in [0.2, 0.25) is 5.91 Å². The summed E-state index contributed by atoms with van der Waals surface area (Å²) in [5, 5.41) is 9.39. The Morgan fingerprint density at radius 3 is 2.60 bits per heavy atom. The number of carbonyl (C=O) groups is 1. The van der Waals surface area contributed by atoms with Crippen LogP contribution in [0.4, 0.5) is 0 Å². The van der Waals surface area contributed by atoms with E-state index in [0.29, 0.717) is 0 Å². The number of carbonyl (C=O) groups excluding carboxylic acids is 1. The molecule has 0 heterocycles. The molecule has 0 radical (unpaired) electrons. The van der Waals surface area contributed by atoms with Crippen LogP contribution in [0, 0.1) is 0 Å². The summed E-state index contributed by atoms with van der Waals surface area (Å²) in [6, 6.07) is 0. The van der Waals surface area contributed by atoms with E-state index in [-0.39, 0.29) is 25.4 Å². The number of aliphatic hydroxyl groups excluding tert-OH is 1. The van der Waals surface area contributed by atoms with E-state index in [0.717, 1.165) is 0 Å². The molecule has 0 spiro atoms. The van der Waals surface area contributed by atoms with Crippen LogP contribution in [0.2, 0.25) is 0 Å². The molecule has 0 bridgehead atoms. The first-order valence-corrected chi connectivity index (χ1v) is 4.76. The largest absolute Gasteiger partial charge is 0.389 e. The average Bonchev–Trinajstić information content (AvgIpc) is 2.07. The number of nitrogens with one attached hydrogen (secondary N) is 1. The zero-order valence-electron chi connectivity index (χ0n) is 9.45. The minimum atomic E-state index is -0.683. The van der Waals surface area contributed by atoms with Crippen molar-refractivity contribution in [1.29, 1.82) is 0 Å². The molecule has 0 rings (SSSR count). The molecule has 0 saturated heterocycles. The van der Waals surface area contributed by atoms with Gasteiger partial charge in [-0.3, -0.25) is 9.63 Å². The third-order valence-electron chi connectivity index (χ3n) is 1.34. The molecule has 0 aliphatic carbocycles. The minimum Gasteiger partial charge on any atom is -0.389 e. The predicted octanol–water partition coefficient (Wildman–Crippen LogP) is -0.831. The van der Waals surface area contributed by atoms with Gasteiger partial charge in [-0.15, -0.1) is 0 Å². The van der Waals surface area contributed by atoms with Gasteiger partial charge in [0.05, 0.1) is 18.3 Å². The summed E-state index contributed by atoms with van der Waals surface area (Å²) in [6.07, 6.45) is -0.683. The fourth-order valence-electron chi connectivity index (χ4n) is 0.682. The van der Waals surface area contributed by atoms with Gasteiger partial charge in [0.15, 0.2) is 0 Å². The summed E-state index contributed by atoms with van der Waals surface area (Å²) in [5.41, 5.74) is 6.97. The monoisotopic (exact) mass is 220 g/mol. The van der Waals surface area contributed by atoms with Gasteiger partial charge >= 0.3 is 0 Å². The Morgan fingerprint density at radius 1 is 1.53 bits per heavy atom. The number of rotatable bonds is 7. The van der Waals surface area contributed by atoms with Crippen molar-refractivity contribution in [2.75, 3.05) is 19.8 Å². The fraction of sp³-hybridized carbons (Fsp3) is 0.889. The standard InChI is InChI=1S/C9H20N2O4/c1-9(2,3)14-5-7(12)4-11-15-6-8(10)13/h7,11-12H,4-6H2,1-3H3,(H2,10,13). The van der Waals surface area contributed by atoms with Crippen LogP contribution in [0.3, 0.4) is 0 Å². The molecule has 6 nitrogen and oxygen atoms in total. The van der Waals surface area contributed by atoms with E-state index in [1.807, 2.05) is 20.8 Å². The molecule has 4 N–H and O–H groups in total. The molecule has 0 aromatic rings. The Balaban J connectivity index is 3.41. The number of primary amides is 1. The topological polar surface area (TPSA) is 93.8 Å². The van der Waals surface area contributed by atoms with Gasteiger partial charge in [-0.05, 0) is 20.8 Å². The van der Waals surface area contributed by atoms with Crippen molar-refractivity contribution in [3.63, 3.8) is 0 Å². The lowest BCUT2D eigenvalue weighted by Crippen LogP contribution is -2.35. The molecule has 0 aromatic carbocycles. The van der Waals surface area contributed by atoms with Crippen LogP contribution in [-0.4, -0.2) is 42.5 Å². The number of hydrogen-bond donors (Lipinski definition) is 3. The second-order valence-corrected chi connectivity index (χ2v) is 4.18. The Morgan fingerprint density at radius 2 is 2.13 bits per heavy atom. The van der Waals surface area contributed by atoms with Crippen molar-refractivity contribution >= 4 is 5.91 Å². The Kier molecular flexibility index (Phi) is 6.42. The molecule has 6 heteroatoms. The summed E-state index contributed by atoms with van der Waals surface area (Å²) >= 11 is 0. The van der Waals surface area contributed by atoms with Gasteiger partial charge in [-0.1, -0.05) is 0 Å². The molecule has 1 amide bonds. The van der Waals surface area contributed by atoms with E-state index in [1.165, 1.54) is 0 Å². The normalized spacial score (nSPS) is 13.9. The van der Waals surface area contributed by atoms with E-state index >= 15 is 0 Å². The molecular formula is C9H20N2O4. The zero-order valence-corrected chi connectivity index (χ0v) is 9.45. The number of hydrogen-bond acceptors (Lipinski definition) is 5. The van der Waals surface area contributed by atoms with E-state index in [1.54, 1.807) is 0 Å². The van der Waals surface area contributed by atoms with E-state index in [4.69, 9.17) is 10.5 Å². The minimum absolute atomic E-state index is 0.184. The number of aliphatic hydroxyl groups is 1. The molecule has 1 unspecified atom stereocenters. The third kappa shape index (κ3) is 11.2. The van der Waals surface area contributed by atoms with Crippen LogP contribution < -0.4 is 11.2 Å². The van der Waals surface area contributed by atoms with Crippen molar-refractivity contribution in [1.82, 2.24) is 5.48 Å². The lowest BCUT2D eigenvalue weighted by Gasteiger charge is -2.21. The Hall–Kier alpha value is -0.690. The lowest BCUT2D eigenvalue weighted by atomic mass is 10.2. The quantitative estimate of drug-likeness (QED) is 0.384. The van der Waals surface area contributed by atoms with Crippen LogP contribution in [0.25, 0.3) is 0 Å². The number of amides is 1.